The van der Waals surface area contributed by atoms with Crippen molar-refractivity contribution in [3.8, 4) is 0 Å². The minimum atomic E-state index is -4.00. The summed E-state index contributed by atoms with van der Waals surface area (Å²) in [6.45, 7) is 0.580. The Balaban J connectivity index is 2.05. The minimum Gasteiger partial charge on any atom is -0.350 e. The van der Waals surface area contributed by atoms with Crippen molar-refractivity contribution in [2.75, 3.05) is 6.61 Å². The number of halogens is 1. The topological polar surface area (TPSA) is 108 Å². The summed E-state index contributed by atoms with van der Waals surface area (Å²) in [5, 5.41) is 4.97. The van der Waals surface area contributed by atoms with Gasteiger partial charge in [-0.25, -0.2) is 23.9 Å². The number of amides is 1. The van der Waals surface area contributed by atoms with Crippen molar-refractivity contribution in [2.45, 2.75) is 30.4 Å². The van der Waals surface area contributed by atoms with Gasteiger partial charge >= 0.3 is 0 Å². The van der Waals surface area contributed by atoms with E-state index in [0.29, 0.717) is 13.0 Å². The third-order valence-corrected chi connectivity index (χ3v) is 4.31. The second-order valence-corrected chi connectivity index (χ2v) is 6.47. The van der Waals surface area contributed by atoms with Crippen molar-refractivity contribution < 1.29 is 22.8 Å². The van der Waals surface area contributed by atoms with Gasteiger partial charge in [-0.05, 0) is 31.0 Å². The first kappa shape index (κ1) is 16.2. The van der Waals surface area contributed by atoms with Gasteiger partial charge in [-0.1, -0.05) is 11.6 Å². The molecule has 116 valence electrons. The Hall–Kier alpha value is -1.19. The van der Waals surface area contributed by atoms with Crippen LogP contribution in [0.5, 0.6) is 0 Å². The van der Waals surface area contributed by atoms with E-state index in [2.05, 4.69) is 5.48 Å². The van der Waals surface area contributed by atoms with Gasteiger partial charge < -0.3 is 4.74 Å². The number of nitrogens with two attached hydrogens (primary N) is 1. The third kappa shape index (κ3) is 4.39. The van der Waals surface area contributed by atoms with Crippen molar-refractivity contribution in [2.24, 2.45) is 5.14 Å². The number of hydroxylamine groups is 1. The summed E-state index contributed by atoms with van der Waals surface area (Å²) in [7, 11) is -4.00. The maximum atomic E-state index is 11.9. The number of ether oxygens (including phenoxy) is 1. The maximum Gasteiger partial charge on any atom is 0.274 e. The number of carbonyl (C=O) groups is 1. The first-order valence-corrected chi connectivity index (χ1v) is 8.20. The van der Waals surface area contributed by atoms with E-state index in [9.17, 15) is 13.2 Å². The number of carbonyl (C=O) groups excluding carboxylic acids is 1. The highest BCUT2D eigenvalue weighted by atomic mass is 35.5. The molecule has 1 aliphatic rings. The lowest BCUT2D eigenvalue weighted by Gasteiger charge is -2.22. The van der Waals surface area contributed by atoms with Crippen LogP contribution in [0.15, 0.2) is 23.1 Å². The zero-order valence-corrected chi connectivity index (χ0v) is 12.6. The number of hydrogen-bond donors (Lipinski definition) is 2. The first-order valence-electron chi connectivity index (χ1n) is 6.28. The third-order valence-electron chi connectivity index (χ3n) is 2.92. The van der Waals surface area contributed by atoms with Gasteiger partial charge in [-0.15, -0.1) is 0 Å². The second-order valence-electron chi connectivity index (χ2n) is 4.54. The standard InChI is InChI=1S/C12H15ClN2O5S/c13-9-5-4-8(7-10(9)21(14,17)18)12(16)15-20-11-3-1-2-6-19-11/h4-5,7,11H,1-3,6H2,(H,15,16)(H2,14,17,18)/t11-/m0/s1. The monoisotopic (exact) mass is 334 g/mol. The molecule has 7 nitrogen and oxygen atoms in total. The van der Waals surface area contributed by atoms with Crippen LogP contribution in [0.1, 0.15) is 29.6 Å². The van der Waals surface area contributed by atoms with E-state index in [0.717, 1.165) is 18.9 Å². The van der Waals surface area contributed by atoms with Crippen molar-refractivity contribution in [3.05, 3.63) is 28.8 Å². The fourth-order valence-electron chi connectivity index (χ4n) is 1.84. The lowest BCUT2D eigenvalue weighted by molar-refractivity contribution is -0.186. The second kappa shape index (κ2) is 6.71. The largest absolute Gasteiger partial charge is 0.350 e. The molecule has 1 heterocycles. The summed E-state index contributed by atoms with van der Waals surface area (Å²) in [6, 6.07) is 3.75. The van der Waals surface area contributed by atoms with Crippen LogP contribution in [0, 0.1) is 0 Å². The molecule has 0 aliphatic carbocycles. The smallest absolute Gasteiger partial charge is 0.274 e. The molecule has 3 N–H and O–H groups in total. The van der Waals surface area contributed by atoms with E-state index in [1.165, 1.54) is 12.1 Å². The molecule has 0 radical (unpaired) electrons. The lowest BCUT2D eigenvalue weighted by atomic mass is 10.2. The van der Waals surface area contributed by atoms with Crippen LogP contribution in [0.4, 0.5) is 0 Å². The molecule has 0 spiro atoms. The zero-order valence-electron chi connectivity index (χ0n) is 11.0. The van der Waals surface area contributed by atoms with Crippen molar-refractivity contribution in [1.82, 2.24) is 5.48 Å². The Morgan fingerprint density at radius 2 is 2.19 bits per heavy atom. The van der Waals surface area contributed by atoms with Gasteiger partial charge in [0.2, 0.25) is 10.0 Å². The summed E-state index contributed by atoms with van der Waals surface area (Å²) in [6.07, 6.45) is 2.11. The van der Waals surface area contributed by atoms with Gasteiger partial charge in [0.05, 0.1) is 5.02 Å². The van der Waals surface area contributed by atoms with E-state index >= 15 is 0 Å². The Bertz CT molecular complexity index is 629. The number of nitrogens with one attached hydrogen (secondary N) is 1. The molecule has 1 fully saturated rings. The van der Waals surface area contributed by atoms with E-state index in [4.69, 9.17) is 26.3 Å². The minimum absolute atomic E-state index is 0.0504. The van der Waals surface area contributed by atoms with E-state index in [1.807, 2.05) is 0 Å². The van der Waals surface area contributed by atoms with Gasteiger partial charge in [0.1, 0.15) is 4.90 Å². The Morgan fingerprint density at radius 3 is 2.81 bits per heavy atom. The van der Waals surface area contributed by atoms with Gasteiger partial charge in [0.15, 0.2) is 6.29 Å². The number of hydrogen-bond acceptors (Lipinski definition) is 5. The Labute approximate surface area is 127 Å². The highest BCUT2D eigenvalue weighted by Gasteiger charge is 2.19. The van der Waals surface area contributed by atoms with Crippen molar-refractivity contribution in [3.63, 3.8) is 0 Å². The molecule has 1 aliphatic heterocycles. The number of rotatable bonds is 4. The van der Waals surface area contributed by atoms with Gasteiger partial charge in [0, 0.05) is 18.6 Å². The molecule has 0 bridgehead atoms. The normalized spacial score (nSPS) is 19.2. The van der Waals surface area contributed by atoms with Crippen LogP contribution in [0.2, 0.25) is 5.02 Å². The fraction of sp³-hybridized carbons (Fsp3) is 0.417. The van der Waals surface area contributed by atoms with Gasteiger partial charge in [-0.2, -0.15) is 0 Å². The summed E-state index contributed by atoms with van der Waals surface area (Å²) in [5.41, 5.74) is 2.29. The van der Waals surface area contributed by atoms with E-state index in [1.54, 1.807) is 0 Å². The molecule has 0 unspecified atom stereocenters. The molecule has 2 rings (SSSR count). The summed E-state index contributed by atoms with van der Waals surface area (Å²) in [5.74, 6) is -0.606. The van der Waals surface area contributed by atoms with Crippen LogP contribution in [0.25, 0.3) is 0 Å². The van der Waals surface area contributed by atoms with Crippen LogP contribution in [0.3, 0.4) is 0 Å². The average Bonchev–Trinajstić information content (AvgIpc) is 2.45. The van der Waals surface area contributed by atoms with E-state index in [-0.39, 0.29) is 15.5 Å². The summed E-state index contributed by atoms with van der Waals surface area (Å²) < 4.78 is 28.0. The van der Waals surface area contributed by atoms with Crippen LogP contribution >= 0.6 is 11.6 Å². The van der Waals surface area contributed by atoms with Crippen LogP contribution in [-0.2, 0) is 19.6 Å². The predicted octanol–water partition coefficient (Wildman–Crippen LogP) is 1.18. The van der Waals surface area contributed by atoms with E-state index < -0.39 is 22.2 Å². The average molecular weight is 335 g/mol. The summed E-state index contributed by atoms with van der Waals surface area (Å²) in [4.78, 5) is 16.7. The SMILES string of the molecule is NS(=O)(=O)c1cc(C(=O)NO[C@H]2CCCCO2)ccc1Cl. The number of primary sulfonamides is 1. The molecule has 9 heteroatoms. The number of benzene rings is 1. The molecule has 0 aromatic heterocycles. The molecule has 1 atom stereocenters. The number of sulfonamides is 1. The first-order chi connectivity index (χ1) is 9.88. The molecule has 1 saturated heterocycles. The Morgan fingerprint density at radius 1 is 1.43 bits per heavy atom. The maximum absolute atomic E-state index is 11.9. The Kier molecular flexibility index (Phi) is 5.17. The molecule has 1 amide bonds. The van der Waals surface area contributed by atoms with Gasteiger partial charge in [0.25, 0.3) is 5.91 Å². The van der Waals surface area contributed by atoms with Crippen LogP contribution < -0.4 is 10.6 Å². The zero-order chi connectivity index (χ0) is 15.5. The molecule has 21 heavy (non-hydrogen) atoms. The fourth-order valence-corrected chi connectivity index (χ4v) is 2.92. The molecule has 0 saturated carbocycles. The molecular weight excluding hydrogens is 320 g/mol. The predicted molar refractivity (Wildman–Crippen MR) is 75.0 cm³/mol. The molecule has 1 aromatic rings. The van der Waals surface area contributed by atoms with Crippen molar-refractivity contribution in [1.29, 1.82) is 0 Å². The van der Waals surface area contributed by atoms with Gasteiger partial charge in [-0.3, -0.25) is 4.79 Å². The molecule has 1 aromatic carbocycles. The highest BCUT2D eigenvalue weighted by Crippen LogP contribution is 2.21. The molecular formula is C12H15ClN2O5S. The summed E-state index contributed by atoms with van der Waals surface area (Å²) >= 11 is 5.74. The van der Waals surface area contributed by atoms with Crippen LogP contribution in [-0.4, -0.2) is 27.2 Å². The van der Waals surface area contributed by atoms with Crippen molar-refractivity contribution >= 4 is 27.5 Å². The highest BCUT2D eigenvalue weighted by molar-refractivity contribution is 7.89. The lowest BCUT2D eigenvalue weighted by Crippen LogP contribution is -2.33. The quantitative estimate of drug-likeness (QED) is 0.804.